The molecular weight excluding hydrogens is 188 g/mol. The van der Waals surface area contributed by atoms with E-state index < -0.39 is 0 Å². The first kappa shape index (κ1) is 11.4. The zero-order chi connectivity index (χ0) is 11.3. The zero-order valence-corrected chi connectivity index (χ0v) is 9.32. The topological polar surface area (TPSA) is 42.0 Å². The SMILES string of the molecule is CC(C)(C)NC(=O)/C=C\c1cccnc1. The van der Waals surface area contributed by atoms with Crippen LogP contribution in [0.5, 0.6) is 0 Å². The summed E-state index contributed by atoms with van der Waals surface area (Å²) in [5, 5.41) is 2.84. The second kappa shape index (κ2) is 4.73. The average molecular weight is 204 g/mol. The van der Waals surface area contributed by atoms with E-state index in [1.54, 1.807) is 18.5 Å². The molecule has 80 valence electrons. The molecule has 0 fully saturated rings. The molecule has 3 heteroatoms. The first-order valence-corrected chi connectivity index (χ1v) is 4.88. The maximum absolute atomic E-state index is 11.4. The summed E-state index contributed by atoms with van der Waals surface area (Å²) in [6.07, 6.45) is 6.67. The summed E-state index contributed by atoms with van der Waals surface area (Å²) in [5.74, 6) is -0.0913. The van der Waals surface area contributed by atoms with Crippen LogP contribution in [0.1, 0.15) is 26.3 Å². The van der Waals surface area contributed by atoms with E-state index in [1.807, 2.05) is 32.9 Å². The molecule has 0 aliphatic rings. The number of hydrogen-bond acceptors (Lipinski definition) is 2. The molecule has 0 aromatic carbocycles. The third-order valence-corrected chi connectivity index (χ3v) is 1.61. The standard InChI is InChI=1S/C12H16N2O/c1-12(2,3)14-11(15)7-6-10-5-4-8-13-9-10/h4-9H,1-3H3,(H,14,15)/b7-6-. The molecule has 1 N–H and O–H groups in total. The molecule has 1 heterocycles. The maximum atomic E-state index is 11.4. The van der Waals surface area contributed by atoms with Crippen LogP contribution in [0.2, 0.25) is 0 Å². The van der Waals surface area contributed by atoms with Crippen LogP contribution >= 0.6 is 0 Å². The third kappa shape index (κ3) is 4.96. The van der Waals surface area contributed by atoms with Gasteiger partial charge >= 0.3 is 0 Å². The van der Waals surface area contributed by atoms with E-state index in [2.05, 4.69) is 10.3 Å². The van der Waals surface area contributed by atoms with Crippen molar-refractivity contribution in [3.63, 3.8) is 0 Å². The summed E-state index contributed by atoms with van der Waals surface area (Å²) in [6.45, 7) is 5.84. The van der Waals surface area contributed by atoms with Crippen molar-refractivity contribution in [2.45, 2.75) is 26.3 Å². The Hall–Kier alpha value is -1.64. The molecule has 0 bridgehead atoms. The summed E-state index contributed by atoms with van der Waals surface area (Å²) < 4.78 is 0. The number of nitrogens with zero attached hydrogens (tertiary/aromatic N) is 1. The van der Waals surface area contributed by atoms with Crippen molar-refractivity contribution >= 4 is 12.0 Å². The summed E-state index contributed by atoms with van der Waals surface area (Å²) in [4.78, 5) is 15.4. The highest BCUT2D eigenvalue weighted by molar-refractivity contribution is 5.92. The lowest BCUT2D eigenvalue weighted by molar-refractivity contribution is -0.117. The molecule has 1 amide bonds. The Morgan fingerprint density at radius 1 is 1.47 bits per heavy atom. The lowest BCUT2D eigenvalue weighted by Gasteiger charge is -2.18. The number of pyridine rings is 1. The van der Waals surface area contributed by atoms with Gasteiger partial charge in [0.1, 0.15) is 0 Å². The Morgan fingerprint density at radius 3 is 2.73 bits per heavy atom. The molecule has 3 nitrogen and oxygen atoms in total. The maximum Gasteiger partial charge on any atom is 0.244 e. The quantitative estimate of drug-likeness (QED) is 0.749. The van der Waals surface area contributed by atoms with Crippen molar-refractivity contribution in [2.75, 3.05) is 0 Å². The number of carbonyl (C=O) groups is 1. The number of nitrogens with one attached hydrogen (secondary N) is 1. The smallest absolute Gasteiger partial charge is 0.244 e. The Bertz CT molecular complexity index is 350. The first-order chi connectivity index (χ1) is 6.97. The van der Waals surface area contributed by atoms with E-state index in [-0.39, 0.29) is 11.4 Å². The van der Waals surface area contributed by atoms with Crippen molar-refractivity contribution < 1.29 is 4.79 Å². The number of carbonyl (C=O) groups excluding carboxylic acids is 1. The van der Waals surface area contributed by atoms with Gasteiger partial charge in [-0.3, -0.25) is 9.78 Å². The van der Waals surface area contributed by atoms with Gasteiger partial charge in [-0.2, -0.15) is 0 Å². The summed E-state index contributed by atoms with van der Waals surface area (Å²) >= 11 is 0. The Kier molecular flexibility index (Phi) is 3.61. The molecule has 0 atom stereocenters. The highest BCUT2D eigenvalue weighted by Crippen LogP contribution is 2.01. The molecule has 0 radical (unpaired) electrons. The average Bonchev–Trinajstić information content (AvgIpc) is 2.14. The number of rotatable bonds is 2. The van der Waals surface area contributed by atoms with Crippen LogP contribution < -0.4 is 5.32 Å². The van der Waals surface area contributed by atoms with Gasteiger partial charge in [0.2, 0.25) is 5.91 Å². The van der Waals surface area contributed by atoms with E-state index in [9.17, 15) is 4.79 Å². The minimum absolute atomic E-state index is 0.0913. The van der Waals surface area contributed by atoms with Crippen molar-refractivity contribution in [3.8, 4) is 0 Å². The summed E-state index contributed by atoms with van der Waals surface area (Å²) in [5.41, 5.74) is 0.720. The van der Waals surface area contributed by atoms with E-state index in [0.29, 0.717) is 0 Å². The van der Waals surface area contributed by atoms with E-state index in [4.69, 9.17) is 0 Å². The molecule has 1 rings (SSSR count). The van der Waals surface area contributed by atoms with Gasteiger partial charge < -0.3 is 5.32 Å². The number of hydrogen-bond donors (Lipinski definition) is 1. The predicted molar refractivity (Wildman–Crippen MR) is 61.2 cm³/mol. The Morgan fingerprint density at radius 2 is 2.20 bits per heavy atom. The second-order valence-electron chi connectivity index (χ2n) is 4.36. The van der Waals surface area contributed by atoms with Gasteiger partial charge in [-0.15, -0.1) is 0 Å². The van der Waals surface area contributed by atoms with Crippen LogP contribution in [0.15, 0.2) is 30.6 Å². The van der Waals surface area contributed by atoms with Crippen molar-refractivity contribution in [1.82, 2.24) is 10.3 Å². The molecule has 1 aromatic rings. The first-order valence-electron chi connectivity index (χ1n) is 4.88. The molecule has 0 saturated heterocycles. The number of amides is 1. The van der Waals surface area contributed by atoms with Crippen LogP contribution in [0, 0.1) is 0 Å². The summed E-state index contributed by atoms with van der Waals surface area (Å²) in [6, 6.07) is 3.73. The highest BCUT2D eigenvalue weighted by Gasteiger charge is 2.10. The van der Waals surface area contributed by atoms with Crippen LogP contribution in [0.25, 0.3) is 6.08 Å². The fourth-order valence-corrected chi connectivity index (χ4v) is 1.06. The van der Waals surface area contributed by atoms with Crippen molar-refractivity contribution in [3.05, 3.63) is 36.2 Å². The highest BCUT2D eigenvalue weighted by atomic mass is 16.1. The molecule has 0 aliphatic carbocycles. The van der Waals surface area contributed by atoms with E-state index >= 15 is 0 Å². The van der Waals surface area contributed by atoms with Gasteiger partial charge in [0.15, 0.2) is 0 Å². The minimum atomic E-state index is -0.198. The van der Waals surface area contributed by atoms with E-state index in [0.717, 1.165) is 5.56 Å². The normalized spacial score (nSPS) is 11.7. The molecule has 0 aliphatic heterocycles. The lowest BCUT2D eigenvalue weighted by Crippen LogP contribution is -2.39. The molecule has 1 aromatic heterocycles. The van der Waals surface area contributed by atoms with Gasteiger partial charge in [-0.05, 0) is 38.5 Å². The zero-order valence-electron chi connectivity index (χ0n) is 9.32. The fraction of sp³-hybridized carbons (Fsp3) is 0.333. The van der Waals surface area contributed by atoms with Gasteiger partial charge in [0.25, 0.3) is 0 Å². The molecule has 0 unspecified atom stereocenters. The third-order valence-electron chi connectivity index (χ3n) is 1.61. The molecule has 15 heavy (non-hydrogen) atoms. The van der Waals surface area contributed by atoms with Crippen molar-refractivity contribution in [1.29, 1.82) is 0 Å². The van der Waals surface area contributed by atoms with Gasteiger partial charge in [-0.25, -0.2) is 0 Å². The molecule has 0 spiro atoms. The lowest BCUT2D eigenvalue weighted by atomic mass is 10.1. The van der Waals surface area contributed by atoms with Gasteiger partial charge in [-0.1, -0.05) is 6.07 Å². The van der Waals surface area contributed by atoms with Crippen LogP contribution in [0.4, 0.5) is 0 Å². The monoisotopic (exact) mass is 204 g/mol. The van der Waals surface area contributed by atoms with Crippen molar-refractivity contribution in [2.24, 2.45) is 0 Å². The van der Waals surface area contributed by atoms with Gasteiger partial charge in [0, 0.05) is 24.0 Å². The Labute approximate surface area is 90.2 Å². The predicted octanol–water partition coefficient (Wildman–Crippen LogP) is 2.01. The number of aromatic nitrogens is 1. The van der Waals surface area contributed by atoms with Crippen LogP contribution in [0.3, 0.4) is 0 Å². The van der Waals surface area contributed by atoms with E-state index in [1.165, 1.54) is 6.08 Å². The minimum Gasteiger partial charge on any atom is -0.348 e. The van der Waals surface area contributed by atoms with Gasteiger partial charge in [0.05, 0.1) is 0 Å². The van der Waals surface area contributed by atoms with Crippen LogP contribution in [-0.4, -0.2) is 16.4 Å². The fourth-order valence-electron chi connectivity index (χ4n) is 1.06. The molecular formula is C12H16N2O. The summed E-state index contributed by atoms with van der Waals surface area (Å²) in [7, 11) is 0. The second-order valence-corrected chi connectivity index (χ2v) is 4.36. The Balaban J connectivity index is 2.56. The molecule has 0 saturated carbocycles. The largest absolute Gasteiger partial charge is 0.348 e. The van der Waals surface area contributed by atoms with Crippen LogP contribution in [-0.2, 0) is 4.79 Å².